The van der Waals surface area contributed by atoms with Gasteiger partial charge in [-0.15, -0.1) is 5.10 Å². The Kier molecular flexibility index (Phi) is 5.92. The van der Waals surface area contributed by atoms with Gasteiger partial charge in [-0.1, -0.05) is 35.9 Å². The van der Waals surface area contributed by atoms with Crippen LogP contribution in [0.5, 0.6) is 0 Å². The zero-order chi connectivity index (χ0) is 20.1. The summed E-state index contributed by atoms with van der Waals surface area (Å²) < 4.78 is 7.03. The van der Waals surface area contributed by atoms with Gasteiger partial charge < -0.3 is 10.1 Å². The quantitative estimate of drug-likeness (QED) is 0.688. The first-order chi connectivity index (χ1) is 14.2. The van der Waals surface area contributed by atoms with Gasteiger partial charge in [0.1, 0.15) is 6.33 Å². The predicted octanol–water partition coefficient (Wildman–Crippen LogP) is 1.77. The molecule has 0 radical (unpaired) electrons. The minimum Gasteiger partial charge on any atom is -0.379 e. The van der Waals surface area contributed by atoms with Crippen molar-refractivity contribution in [1.29, 1.82) is 0 Å². The Hall–Kier alpha value is -3.10. The molecule has 1 aliphatic rings. The van der Waals surface area contributed by atoms with E-state index in [1.54, 1.807) is 12.1 Å². The number of aryl methyl sites for hydroxylation is 1. The smallest absolute Gasteiger partial charge is 0.251 e. The van der Waals surface area contributed by atoms with Crippen LogP contribution in [0.15, 0.2) is 54.9 Å². The first-order valence-electron chi connectivity index (χ1n) is 9.71. The molecule has 150 valence electrons. The summed E-state index contributed by atoms with van der Waals surface area (Å²) in [6, 6.07) is 15.9. The van der Waals surface area contributed by atoms with E-state index in [2.05, 4.69) is 56.9 Å². The number of amides is 1. The predicted molar refractivity (Wildman–Crippen MR) is 108 cm³/mol. The van der Waals surface area contributed by atoms with Gasteiger partial charge in [0, 0.05) is 25.2 Å². The number of morpholine rings is 1. The molecule has 2 heterocycles. The summed E-state index contributed by atoms with van der Waals surface area (Å²) in [5.74, 6) is -0.120. The number of hydrogen-bond donors (Lipinski definition) is 1. The Morgan fingerprint density at radius 1 is 1.17 bits per heavy atom. The van der Waals surface area contributed by atoms with Crippen molar-refractivity contribution in [2.45, 2.75) is 13.0 Å². The fraction of sp³-hybridized carbons (Fsp3) is 0.333. The molecule has 1 atom stereocenters. The van der Waals surface area contributed by atoms with Crippen molar-refractivity contribution >= 4 is 5.91 Å². The molecule has 0 aliphatic carbocycles. The van der Waals surface area contributed by atoms with E-state index in [-0.39, 0.29) is 11.9 Å². The molecule has 4 rings (SSSR count). The summed E-state index contributed by atoms with van der Waals surface area (Å²) >= 11 is 0. The lowest BCUT2D eigenvalue weighted by Gasteiger charge is -2.35. The lowest BCUT2D eigenvalue weighted by atomic mass is 10.0. The molecule has 1 saturated heterocycles. The second-order valence-electron chi connectivity index (χ2n) is 7.09. The fourth-order valence-corrected chi connectivity index (χ4v) is 3.50. The first kappa shape index (κ1) is 19.2. The van der Waals surface area contributed by atoms with Crippen LogP contribution < -0.4 is 5.32 Å². The lowest BCUT2D eigenvalue weighted by Crippen LogP contribution is -2.43. The number of carbonyl (C=O) groups excluding carboxylic acids is 1. The average Bonchev–Trinajstić information content (AvgIpc) is 3.31. The maximum atomic E-state index is 12.8. The number of tetrazole rings is 1. The van der Waals surface area contributed by atoms with Gasteiger partial charge >= 0.3 is 0 Å². The molecule has 1 amide bonds. The van der Waals surface area contributed by atoms with Crippen molar-refractivity contribution in [3.05, 3.63) is 71.5 Å². The minimum absolute atomic E-state index is 0.103. The zero-order valence-corrected chi connectivity index (χ0v) is 16.4. The molecule has 29 heavy (non-hydrogen) atoms. The molecular weight excluding hydrogens is 368 g/mol. The molecule has 2 aromatic carbocycles. The summed E-state index contributed by atoms with van der Waals surface area (Å²) in [6.45, 7) is 5.73. The Morgan fingerprint density at radius 2 is 1.97 bits per heavy atom. The second kappa shape index (κ2) is 8.93. The maximum absolute atomic E-state index is 12.8. The van der Waals surface area contributed by atoms with Gasteiger partial charge in [0.05, 0.1) is 24.9 Å². The highest BCUT2D eigenvalue weighted by atomic mass is 16.5. The molecule has 1 N–H and O–H groups in total. The summed E-state index contributed by atoms with van der Waals surface area (Å²) in [5, 5.41) is 14.3. The van der Waals surface area contributed by atoms with Crippen molar-refractivity contribution in [2.75, 3.05) is 32.8 Å². The van der Waals surface area contributed by atoms with Crippen LogP contribution >= 0.6 is 0 Å². The normalized spacial score (nSPS) is 15.8. The number of nitrogens with one attached hydrogen (secondary N) is 1. The van der Waals surface area contributed by atoms with Crippen LogP contribution in [0.25, 0.3) is 5.69 Å². The number of ether oxygens (including phenoxy) is 1. The van der Waals surface area contributed by atoms with Crippen LogP contribution in [0.4, 0.5) is 0 Å². The van der Waals surface area contributed by atoms with Gasteiger partial charge in [-0.3, -0.25) is 9.69 Å². The molecule has 0 spiro atoms. The number of aromatic nitrogens is 4. The Bertz CT molecular complexity index is 936. The average molecular weight is 392 g/mol. The second-order valence-corrected chi connectivity index (χ2v) is 7.09. The van der Waals surface area contributed by atoms with Crippen molar-refractivity contribution < 1.29 is 9.53 Å². The van der Waals surface area contributed by atoms with Crippen LogP contribution in [0.3, 0.4) is 0 Å². The maximum Gasteiger partial charge on any atom is 0.251 e. The number of hydrogen-bond acceptors (Lipinski definition) is 6. The minimum atomic E-state index is -0.120. The van der Waals surface area contributed by atoms with Gasteiger partial charge in [0.15, 0.2) is 0 Å². The van der Waals surface area contributed by atoms with Crippen molar-refractivity contribution in [3.8, 4) is 5.69 Å². The van der Waals surface area contributed by atoms with Crippen LogP contribution in [0, 0.1) is 6.92 Å². The summed E-state index contributed by atoms with van der Waals surface area (Å²) in [7, 11) is 0. The van der Waals surface area contributed by atoms with Crippen LogP contribution in [-0.2, 0) is 4.74 Å². The standard InChI is InChI=1S/C21H24N6O2/c1-16-5-7-17(8-6-16)20(26-9-11-29-12-10-26)14-22-21(28)18-3-2-4-19(13-18)27-15-23-24-25-27/h2-8,13,15,20H,9-12,14H2,1H3,(H,22,28)/t20-/m0/s1. The van der Waals surface area contributed by atoms with Gasteiger partial charge in [-0.2, -0.15) is 0 Å². The number of rotatable bonds is 6. The molecule has 1 fully saturated rings. The van der Waals surface area contributed by atoms with Crippen LogP contribution in [0.2, 0.25) is 0 Å². The van der Waals surface area contributed by atoms with Gasteiger partial charge in [0.2, 0.25) is 0 Å². The first-order valence-corrected chi connectivity index (χ1v) is 9.71. The van der Waals surface area contributed by atoms with E-state index >= 15 is 0 Å². The molecule has 0 bridgehead atoms. The Morgan fingerprint density at radius 3 is 2.69 bits per heavy atom. The van der Waals surface area contributed by atoms with Crippen LogP contribution in [0.1, 0.15) is 27.5 Å². The molecule has 3 aromatic rings. The molecule has 1 aromatic heterocycles. The third-order valence-electron chi connectivity index (χ3n) is 5.13. The van der Waals surface area contributed by atoms with Gasteiger partial charge in [-0.05, 0) is 41.1 Å². The SMILES string of the molecule is Cc1ccc([C@H](CNC(=O)c2cccc(-n3cnnn3)c2)N2CCOCC2)cc1. The highest BCUT2D eigenvalue weighted by Gasteiger charge is 2.23. The highest BCUT2D eigenvalue weighted by molar-refractivity contribution is 5.94. The van der Waals surface area contributed by atoms with E-state index in [0.717, 1.165) is 18.8 Å². The number of nitrogens with zero attached hydrogens (tertiary/aromatic N) is 5. The van der Waals surface area contributed by atoms with Gasteiger partial charge in [0.25, 0.3) is 5.91 Å². The largest absolute Gasteiger partial charge is 0.379 e. The summed E-state index contributed by atoms with van der Waals surface area (Å²) in [6.07, 6.45) is 1.50. The molecule has 8 nitrogen and oxygen atoms in total. The third-order valence-corrected chi connectivity index (χ3v) is 5.13. The van der Waals surface area contributed by atoms with E-state index in [4.69, 9.17) is 4.74 Å². The lowest BCUT2D eigenvalue weighted by molar-refractivity contribution is 0.0162. The molecule has 0 saturated carbocycles. The van der Waals surface area contributed by atoms with Crippen molar-refractivity contribution in [3.63, 3.8) is 0 Å². The topological polar surface area (TPSA) is 85.2 Å². The van der Waals surface area contributed by atoms with E-state index < -0.39 is 0 Å². The summed E-state index contributed by atoms with van der Waals surface area (Å²) in [4.78, 5) is 15.2. The zero-order valence-electron chi connectivity index (χ0n) is 16.4. The molecule has 0 unspecified atom stereocenters. The Balaban J connectivity index is 1.48. The van der Waals surface area contributed by atoms with E-state index in [1.165, 1.54) is 22.1 Å². The molecule has 8 heteroatoms. The highest BCUT2D eigenvalue weighted by Crippen LogP contribution is 2.22. The molecule has 1 aliphatic heterocycles. The van der Waals surface area contributed by atoms with E-state index in [0.29, 0.717) is 25.3 Å². The van der Waals surface area contributed by atoms with Crippen molar-refractivity contribution in [2.24, 2.45) is 0 Å². The third kappa shape index (κ3) is 4.67. The fourth-order valence-electron chi connectivity index (χ4n) is 3.50. The molecular formula is C21H24N6O2. The Labute approximate surface area is 169 Å². The van der Waals surface area contributed by atoms with Crippen molar-refractivity contribution in [1.82, 2.24) is 30.4 Å². The van der Waals surface area contributed by atoms with Gasteiger partial charge in [-0.25, -0.2) is 4.68 Å². The number of benzene rings is 2. The van der Waals surface area contributed by atoms with Crippen LogP contribution in [-0.4, -0.2) is 63.9 Å². The van der Waals surface area contributed by atoms with E-state index in [1.807, 2.05) is 12.1 Å². The summed E-state index contributed by atoms with van der Waals surface area (Å²) in [5.41, 5.74) is 3.73. The number of carbonyl (C=O) groups is 1. The van der Waals surface area contributed by atoms with E-state index in [9.17, 15) is 4.79 Å². The monoisotopic (exact) mass is 392 g/mol.